The molecule has 0 aliphatic carbocycles. The van der Waals surface area contributed by atoms with Crippen LogP contribution in [0.2, 0.25) is 0 Å². The van der Waals surface area contributed by atoms with Crippen molar-refractivity contribution in [2.75, 3.05) is 20.1 Å². The predicted octanol–water partition coefficient (Wildman–Crippen LogP) is 2.33. The van der Waals surface area contributed by atoms with Crippen molar-refractivity contribution in [2.45, 2.75) is 54.5 Å². The van der Waals surface area contributed by atoms with Gasteiger partial charge in [-0.2, -0.15) is 0 Å². The Bertz CT molecular complexity index is 263. The SMILES string of the molecule is CC.CC(C)C(=O)CN(C)C(=O)CNC(C)C(C)C. The normalized spacial score (nSPS) is 11.9. The molecule has 1 unspecified atom stereocenters. The molecule has 0 aliphatic heterocycles. The number of carbonyl (C=O) groups is 2. The topological polar surface area (TPSA) is 49.4 Å². The third-order valence-electron chi connectivity index (χ3n) is 3.04. The Morgan fingerprint density at radius 1 is 1.05 bits per heavy atom. The summed E-state index contributed by atoms with van der Waals surface area (Å²) in [4.78, 5) is 24.7. The van der Waals surface area contributed by atoms with Crippen LogP contribution in [0.5, 0.6) is 0 Å². The lowest BCUT2D eigenvalue weighted by atomic mass is 10.1. The Kier molecular flexibility index (Phi) is 11.8. The summed E-state index contributed by atoms with van der Waals surface area (Å²) in [5.74, 6) is 0.530. The van der Waals surface area contributed by atoms with E-state index in [1.165, 1.54) is 4.90 Å². The smallest absolute Gasteiger partial charge is 0.236 e. The number of carbonyl (C=O) groups excluding carboxylic acids is 2. The molecule has 1 atom stereocenters. The van der Waals surface area contributed by atoms with Crippen LogP contribution in [0.25, 0.3) is 0 Å². The van der Waals surface area contributed by atoms with Gasteiger partial charge in [-0.15, -0.1) is 0 Å². The highest BCUT2D eigenvalue weighted by atomic mass is 16.2. The minimum Gasteiger partial charge on any atom is -0.337 e. The number of ketones is 1. The van der Waals surface area contributed by atoms with E-state index in [4.69, 9.17) is 0 Å². The van der Waals surface area contributed by atoms with Crippen LogP contribution in [0.1, 0.15) is 48.5 Å². The quantitative estimate of drug-likeness (QED) is 0.774. The monoisotopic (exact) mass is 272 g/mol. The van der Waals surface area contributed by atoms with Gasteiger partial charge in [-0.3, -0.25) is 9.59 Å². The second-order valence-electron chi connectivity index (χ2n) is 5.28. The summed E-state index contributed by atoms with van der Waals surface area (Å²) in [6.45, 7) is 14.5. The van der Waals surface area contributed by atoms with Gasteiger partial charge in [0.25, 0.3) is 0 Å². The van der Waals surface area contributed by atoms with E-state index in [0.29, 0.717) is 18.5 Å². The maximum atomic E-state index is 11.7. The molecule has 0 saturated heterocycles. The summed E-state index contributed by atoms with van der Waals surface area (Å²) >= 11 is 0. The lowest BCUT2D eigenvalue weighted by Gasteiger charge is -2.21. The van der Waals surface area contributed by atoms with Gasteiger partial charge in [0.1, 0.15) is 0 Å². The molecule has 0 heterocycles. The van der Waals surface area contributed by atoms with Crippen LogP contribution in [0, 0.1) is 11.8 Å². The molecule has 0 fully saturated rings. The summed E-state index contributed by atoms with van der Waals surface area (Å²) < 4.78 is 0. The summed E-state index contributed by atoms with van der Waals surface area (Å²) in [6, 6.07) is 0.299. The van der Waals surface area contributed by atoms with E-state index >= 15 is 0 Å². The molecule has 0 spiro atoms. The Hall–Kier alpha value is -0.900. The van der Waals surface area contributed by atoms with E-state index in [0.717, 1.165) is 0 Å². The van der Waals surface area contributed by atoms with Gasteiger partial charge in [0.05, 0.1) is 13.1 Å². The highest BCUT2D eigenvalue weighted by Crippen LogP contribution is 2.00. The third-order valence-corrected chi connectivity index (χ3v) is 3.04. The standard InChI is InChI=1S/C13H26N2O2.C2H6/c1-9(2)11(5)14-7-13(17)15(6)8-12(16)10(3)4;1-2/h9-11,14H,7-8H2,1-6H3;1-2H3. The predicted molar refractivity (Wildman–Crippen MR) is 81.1 cm³/mol. The van der Waals surface area contributed by atoms with E-state index in [1.807, 2.05) is 27.7 Å². The molecule has 0 aromatic rings. The average Bonchev–Trinajstić information content (AvgIpc) is 2.37. The van der Waals surface area contributed by atoms with Crippen molar-refractivity contribution in [3.05, 3.63) is 0 Å². The van der Waals surface area contributed by atoms with E-state index in [-0.39, 0.29) is 24.2 Å². The van der Waals surface area contributed by atoms with Gasteiger partial charge >= 0.3 is 0 Å². The van der Waals surface area contributed by atoms with Crippen LogP contribution in [0.4, 0.5) is 0 Å². The van der Waals surface area contributed by atoms with Crippen LogP contribution in [0.3, 0.4) is 0 Å². The molecule has 0 bridgehead atoms. The second kappa shape index (κ2) is 11.0. The van der Waals surface area contributed by atoms with Crippen LogP contribution < -0.4 is 5.32 Å². The van der Waals surface area contributed by atoms with Gasteiger partial charge in [-0.05, 0) is 12.8 Å². The Morgan fingerprint density at radius 3 is 1.89 bits per heavy atom. The van der Waals surface area contributed by atoms with Crippen molar-refractivity contribution >= 4 is 11.7 Å². The van der Waals surface area contributed by atoms with Crippen LogP contribution >= 0.6 is 0 Å². The molecule has 114 valence electrons. The number of hydrogen-bond acceptors (Lipinski definition) is 3. The van der Waals surface area contributed by atoms with Gasteiger partial charge in [-0.25, -0.2) is 0 Å². The van der Waals surface area contributed by atoms with Crippen molar-refractivity contribution < 1.29 is 9.59 Å². The summed E-state index contributed by atoms with van der Waals surface area (Å²) in [7, 11) is 1.67. The zero-order chi connectivity index (χ0) is 15.6. The Morgan fingerprint density at radius 2 is 1.53 bits per heavy atom. The van der Waals surface area contributed by atoms with Gasteiger partial charge in [0, 0.05) is 19.0 Å². The van der Waals surface area contributed by atoms with E-state index in [9.17, 15) is 9.59 Å². The van der Waals surface area contributed by atoms with Crippen molar-refractivity contribution in [3.63, 3.8) is 0 Å². The summed E-state index contributed by atoms with van der Waals surface area (Å²) in [5.41, 5.74) is 0. The van der Waals surface area contributed by atoms with Crippen LogP contribution in [0.15, 0.2) is 0 Å². The number of likely N-dealkylation sites (N-methyl/N-ethyl adjacent to an activating group) is 1. The first-order valence-electron chi connectivity index (χ1n) is 7.25. The van der Waals surface area contributed by atoms with Crippen molar-refractivity contribution in [3.8, 4) is 0 Å². The maximum Gasteiger partial charge on any atom is 0.236 e. The number of nitrogens with one attached hydrogen (secondary N) is 1. The van der Waals surface area contributed by atoms with Crippen LogP contribution in [-0.2, 0) is 9.59 Å². The molecule has 19 heavy (non-hydrogen) atoms. The van der Waals surface area contributed by atoms with E-state index in [1.54, 1.807) is 7.05 Å². The zero-order valence-electron chi connectivity index (χ0n) is 13.9. The molecule has 0 radical (unpaired) electrons. The average molecular weight is 272 g/mol. The van der Waals surface area contributed by atoms with Gasteiger partial charge in [0.15, 0.2) is 5.78 Å². The van der Waals surface area contributed by atoms with E-state index in [2.05, 4.69) is 26.1 Å². The molecule has 4 nitrogen and oxygen atoms in total. The number of hydrogen-bond donors (Lipinski definition) is 1. The highest BCUT2D eigenvalue weighted by molar-refractivity contribution is 5.87. The van der Waals surface area contributed by atoms with E-state index < -0.39 is 0 Å². The first-order valence-corrected chi connectivity index (χ1v) is 7.25. The molecule has 0 aliphatic rings. The number of rotatable bonds is 7. The highest BCUT2D eigenvalue weighted by Gasteiger charge is 2.16. The van der Waals surface area contributed by atoms with Gasteiger partial charge < -0.3 is 10.2 Å². The lowest BCUT2D eigenvalue weighted by Crippen LogP contribution is -2.42. The minimum atomic E-state index is -0.0356. The second-order valence-corrected chi connectivity index (χ2v) is 5.28. The van der Waals surface area contributed by atoms with Crippen LogP contribution in [-0.4, -0.2) is 42.8 Å². The molecular weight excluding hydrogens is 240 g/mol. The fraction of sp³-hybridized carbons (Fsp3) is 0.867. The fourth-order valence-corrected chi connectivity index (χ4v) is 1.12. The van der Waals surface area contributed by atoms with Gasteiger partial charge in [0.2, 0.25) is 5.91 Å². The number of nitrogens with zero attached hydrogens (tertiary/aromatic N) is 1. The molecule has 0 saturated carbocycles. The van der Waals surface area contributed by atoms with Gasteiger partial charge in [-0.1, -0.05) is 41.5 Å². The largest absolute Gasteiger partial charge is 0.337 e. The molecular formula is C15H32N2O2. The van der Waals surface area contributed by atoms with Crippen molar-refractivity contribution in [1.82, 2.24) is 10.2 Å². The first-order chi connectivity index (χ1) is 8.75. The summed E-state index contributed by atoms with van der Waals surface area (Å²) in [5, 5.41) is 3.16. The number of Topliss-reactive ketones (excluding diaryl/α,β-unsaturated/α-hetero) is 1. The first kappa shape index (κ1) is 20.4. The molecule has 0 aromatic heterocycles. The Labute approximate surface area is 118 Å². The molecule has 0 rings (SSSR count). The third kappa shape index (κ3) is 9.65. The zero-order valence-corrected chi connectivity index (χ0v) is 13.9. The fourth-order valence-electron chi connectivity index (χ4n) is 1.12. The summed E-state index contributed by atoms with van der Waals surface area (Å²) in [6.07, 6.45) is 0. The van der Waals surface area contributed by atoms with Crippen molar-refractivity contribution in [2.24, 2.45) is 11.8 Å². The lowest BCUT2D eigenvalue weighted by molar-refractivity contribution is -0.134. The molecule has 1 N–H and O–H groups in total. The molecule has 0 aromatic carbocycles. The maximum absolute atomic E-state index is 11.7. The molecule has 1 amide bonds. The Balaban J connectivity index is 0. The van der Waals surface area contributed by atoms with Crippen molar-refractivity contribution in [1.29, 1.82) is 0 Å². The number of amides is 1. The molecule has 4 heteroatoms. The minimum absolute atomic E-state index is 0.0206.